The quantitative estimate of drug-likeness (QED) is 0.615. The first-order chi connectivity index (χ1) is 12.6. The summed E-state index contributed by atoms with van der Waals surface area (Å²) in [5, 5.41) is 6.78. The van der Waals surface area contributed by atoms with Crippen LogP contribution in [0.5, 0.6) is 5.75 Å². The molecule has 0 saturated carbocycles. The first-order valence-electron chi connectivity index (χ1n) is 7.69. The maximum atomic E-state index is 12.2. The van der Waals surface area contributed by atoms with Crippen LogP contribution in [0, 0.1) is 0 Å². The zero-order chi connectivity index (χ0) is 18.5. The fourth-order valence-corrected chi connectivity index (χ4v) is 2.58. The zero-order valence-corrected chi connectivity index (χ0v) is 15.3. The zero-order valence-electron chi connectivity index (χ0n) is 13.8. The third kappa shape index (κ3) is 4.25. The Bertz CT molecular complexity index is 913. The number of hydrogen-bond donors (Lipinski definition) is 2. The van der Waals surface area contributed by atoms with Crippen molar-refractivity contribution in [1.82, 2.24) is 4.98 Å². The third-order valence-corrected chi connectivity index (χ3v) is 4.41. The second-order valence-corrected chi connectivity index (χ2v) is 6.13. The van der Waals surface area contributed by atoms with E-state index in [0.29, 0.717) is 32.9 Å². The van der Waals surface area contributed by atoms with E-state index in [1.165, 1.54) is 0 Å². The number of rotatable bonds is 5. The van der Waals surface area contributed by atoms with Crippen molar-refractivity contribution in [1.29, 1.82) is 0 Å². The average Bonchev–Trinajstić information content (AvgIpc) is 2.67. The number of amides is 1. The summed E-state index contributed by atoms with van der Waals surface area (Å²) in [6.45, 7) is 0. The van der Waals surface area contributed by atoms with Gasteiger partial charge in [0.2, 0.25) is 0 Å². The van der Waals surface area contributed by atoms with Crippen LogP contribution in [0.2, 0.25) is 10.0 Å². The highest BCUT2D eigenvalue weighted by molar-refractivity contribution is 6.43. The number of halogens is 2. The molecule has 1 aromatic heterocycles. The Morgan fingerprint density at radius 3 is 2.46 bits per heavy atom. The number of carbonyl (C=O) groups excluding carboxylic acids is 1. The number of nitrogens with zero attached hydrogens (tertiary/aromatic N) is 1. The molecule has 7 heteroatoms. The molecule has 0 aliphatic heterocycles. The number of methoxy groups -OCH3 is 1. The number of carbonyl (C=O) groups is 1. The predicted molar refractivity (Wildman–Crippen MR) is 105 cm³/mol. The molecule has 0 aliphatic rings. The van der Waals surface area contributed by atoms with Crippen molar-refractivity contribution >= 4 is 46.3 Å². The van der Waals surface area contributed by atoms with E-state index >= 15 is 0 Å². The van der Waals surface area contributed by atoms with Crippen molar-refractivity contribution in [2.75, 3.05) is 17.7 Å². The van der Waals surface area contributed by atoms with Crippen LogP contribution in [-0.4, -0.2) is 18.0 Å². The topological polar surface area (TPSA) is 63.2 Å². The van der Waals surface area contributed by atoms with Gasteiger partial charge in [-0.1, -0.05) is 29.3 Å². The van der Waals surface area contributed by atoms with Gasteiger partial charge in [0.1, 0.15) is 11.6 Å². The summed E-state index contributed by atoms with van der Waals surface area (Å²) in [6, 6.07) is 15.6. The minimum Gasteiger partial charge on any atom is -0.497 e. The number of aromatic nitrogens is 1. The standard InChI is InChI=1S/C19H15Cl2N3O2/c1-26-14-8-5-12(6-9-14)19(25)24-17-10-7-13(11-22-17)23-16-4-2-3-15(20)18(16)21/h2-11,23H,1H3,(H,22,24,25). The Balaban J connectivity index is 1.67. The minimum atomic E-state index is -0.251. The van der Waals surface area contributed by atoms with E-state index in [-0.39, 0.29) is 5.91 Å². The van der Waals surface area contributed by atoms with Crippen LogP contribution in [0.1, 0.15) is 10.4 Å². The van der Waals surface area contributed by atoms with Crippen LogP contribution in [0.25, 0.3) is 0 Å². The molecule has 0 spiro atoms. The Morgan fingerprint density at radius 2 is 1.81 bits per heavy atom. The molecular formula is C19H15Cl2N3O2. The highest BCUT2D eigenvalue weighted by atomic mass is 35.5. The van der Waals surface area contributed by atoms with Gasteiger partial charge in [-0.2, -0.15) is 0 Å². The van der Waals surface area contributed by atoms with Gasteiger partial charge in [0, 0.05) is 5.56 Å². The van der Waals surface area contributed by atoms with E-state index in [1.54, 1.807) is 61.8 Å². The highest BCUT2D eigenvalue weighted by Crippen LogP contribution is 2.31. The Morgan fingerprint density at radius 1 is 1.04 bits per heavy atom. The van der Waals surface area contributed by atoms with E-state index in [2.05, 4.69) is 15.6 Å². The van der Waals surface area contributed by atoms with Crippen molar-refractivity contribution in [3.8, 4) is 5.75 Å². The number of nitrogens with one attached hydrogen (secondary N) is 2. The van der Waals surface area contributed by atoms with E-state index < -0.39 is 0 Å². The van der Waals surface area contributed by atoms with Crippen molar-refractivity contribution in [3.63, 3.8) is 0 Å². The predicted octanol–water partition coefficient (Wildman–Crippen LogP) is 5.39. The van der Waals surface area contributed by atoms with Crippen LogP contribution in [0.4, 0.5) is 17.2 Å². The Labute approximate surface area is 160 Å². The summed E-state index contributed by atoms with van der Waals surface area (Å²) in [4.78, 5) is 16.5. The van der Waals surface area contributed by atoms with Gasteiger partial charge in [0.15, 0.2) is 0 Å². The number of benzene rings is 2. The molecule has 2 aromatic carbocycles. The molecule has 26 heavy (non-hydrogen) atoms. The monoisotopic (exact) mass is 387 g/mol. The van der Waals surface area contributed by atoms with Gasteiger partial charge in [-0.3, -0.25) is 4.79 Å². The molecule has 0 radical (unpaired) electrons. The van der Waals surface area contributed by atoms with Gasteiger partial charge < -0.3 is 15.4 Å². The number of hydrogen-bond acceptors (Lipinski definition) is 4. The lowest BCUT2D eigenvalue weighted by Gasteiger charge is -2.10. The fourth-order valence-electron chi connectivity index (χ4n) is 2.23. The fraction of sp³-hybridized carbons (Fsp3) is 0.0526. The minimum absolute atomic E-state index is 0.251. The number of anilines is 3. The molecule has 0 bridgehead atoms. The molecule has 0 saturated heterocycles. The van der Waals surface area contributed by atoms with Gasteiger partial charge in [0.05, 0.1) is 34.7 Å². The van der Waals surface area contributed by atoms with Gasteiger partial charge in [-0.25, -0.2) is 4.98 Å². The van der Waals surface area contributed by atoms with E-state index in [4.69, 9.17) is 27.9 Å². The molecule has 1 heterocycles. The summed E-state index contributed by atoms with van der Waals surface area (Å²) < 4.78 is 5.08. The molecule has 2 N–H and O–H groups in total. The van der Waals surface area contributed by atoms with Crippen molar-refractivity contribution in [3.05, 3.63) is 76.4 Å². The lowest BCUT2D eigenvalue weighted by atomic mass is 10.2. The van der Waals surface area contributed by atoms with E-state index in [1.807, 2.05) is 6.07 Å². The maximum absolute atomic E-state index is 12.2. The van der Waals surface area contributed by atoms with Crippen LogP contribution in [0.15, 0.2) is 60.8 Å². The van der Waals surface area contributed by atoms with Crippen LogP contribution in [0.3, 0.4) is 0 Å². The molecule has 0 atom stereocenters. The largest absolute Gasteiger partial charge is 0.497 e. The number of ether oxygens (including phenoxy) is 1. The molecule has 3 rings (SSSR count). The molecule has 132 valence electrons. The van der Waals surface area contributed by atoms with E-state index in [0.717, 1.165) is 5.69 Å². The molecule has 0 aliphatic carbocycles. The Hall–Kier alpha value is -2.76. The van der Waals surface area contributed by atoms with Crippen LogP contribution < -0.4 is 15.4 Å². The van der Waals surface area contributed by atoms with Crippen molar-refractivity contribution < 1.29 is 9.53 Å². The third-order valence-electron chi connectivity index (χ3n) is 3.59. The molecular weight excluding hydrogens is 373 g/mol. The lowest BCUT2D eigenvalue weighted by Crippen LogP contribution is -2.12. The smallest absolute Gasteiger partial charge is 0.256 e. The molecule has 1 amide bonds. The lowest BCUT2D eigenvalue weighted by molar-refractivity contribution is 0.102. The van der Waals surface area contributed by atoms with Gasteiger partial charge >= 0.3 is 0 Å². The summed E-state index contributed by atoms with van der Waals surface area (Å²) in [7, 11) is 1.57. The van der Waals surface area contributed by atoms with Crippen molar-refractivity contribution in [2.24, 2.45) is 0 Å². The normalized spacial score (nSPS) is 10.3. The summed E-state index contributed by atoms with van der Waals surface area (Å²) >= 11 is 12.1. The second-order valence-electron chi connectivity index (χ2n) is 5.34. The molecule has 0 fully saturated rings. The maximum Gasteiger partial charge on any atom is 0.256 e. The summed E-state index contributed by atoms with van der Waals surface area (Å²) in [5.74, 6) is 0.877. The first kappa shape index (κ1) is 18.0. The summed E-state index contributed by atoms with van der Waals surface area (Å²) in [6.07, 6.45) is 1.60. The van der Waals surface area contributed by atoms with Gasteiger partial charge in [-0.05, 0) is 48.5 Å². The SMILES string of the molecule is COc1ccc(C(=O)Nc2ccc(Nc3cccc(Cl)c3Cl)cn2)cc1. The highest BCUT2D eigenvalue weighted by Gasteiger charge is 2.08. The van der Waals surface area contributed by atoms with Crippen LogP contribution >= 0.6 is 23.2 Å². The van der Waals surface area contributed by atoms with Crippen LogP contribution in [-0.2, 0) is 0 Å². The Kier molecular flexibility index (Phi) is 5.61. The van der Waals surface area contributed by atoms with Gasteiger partial charge in [0.25, 0.3) is 5.91 Å². The average molecular weight is 388 g/mol. The van der Waals surface area contributed by atoms with Crippen molar-refractivity contribution in [2.45, 2.75) is 0 Å². The summed E-state index contributed by atoms with van der Waals surface area (Å²) in [5.41, 5.74) is 1.91. The second kappa shape index (κ2) is 8.08. The first-order valence-corrected chi connectivity index (χ1v) is 8.45. The van der Waals surface area contributed by atoms with E-state index in [9.17, 15) is 4.79 Å². The molecule has 5 nitrogen and oxygen atoms in total. The number of pyridine rings is 1. The molecule has 3 aromatic rings. The van der Waals surface area contributed by atoms with Gasteiger partial charge in [-0.15, -0.1) is 0 Å². The molecule has 0 unspecified atom stereocenters.